The van der Waals surface area contributed by atoms with Gasteiger partial charge in [0.2, 0.25) is 0 Å². The van der Waals surface area contributed by atoms with Crippen molar-refractivity contribution in [1.29, 1.82) is 0 Å². The molecule has 0 spiro atoms. The highest BCUT2D eigenvalue weighted by Crippen LogP contribution is 2.26. The Morgan fingerprint density at radius 3 is 2.48 bits per heavy atom. The van der Waals surface area contributed by atoms with Gasteiger partial charge in [0.25, 0.3) is 11.8 Å². The van der Waals surface area contributed by atoms with Gasteiger partial charge in [0.1, 0.15) is 11.3 Å². The summed E-state index contributed by atoms with van der Waals surface area (Å²) in [5.41, 5.74) is 3.54. The van der Waals surface area contributed by atoms with Crippen molar-refractivity contribution in [3.8, 4) is 5.75 Å². The van der Waals surface area contributed by atoms with Crippen LogP contribution < -0.4 is 15.0 Å². The number of hydrogen-bond acceptors (Lipinski definition) is 4. The Bertz CT molecular complexity index is 1000. The molecule has 3 rings (SSSR count). The van der Waals surface area contributed by atoms with Crippen LogP contribution in [0.3, 0.4) is 0 Å². The third-order valence-corrected chi connectivity index (χ3v) is 5.46. The minimum Gasteiger partial charge on any atom is -0.496 e. The van der Waals surface area contributed by atoms with Gasteiger partial charge in [0, 0.05) is 0 Å². The van der Waals surface area contributed by atoms with Gasteiger partial charge in [-0.15, -0.1) is 0 Å². The van der Waals surface area contributed by atoms with E-state index in [0.717, 1.165) is 26.0 Å². The standard InChI is InChI=1S/C20H17IN2O3S/c1-11-4-6-14(8-12(11)2)23-19(25)15(18(24)22-20(23)27)9-13-5-7-17(26-3)16(21)10-13/h4-10H,1-3H3,(H,22,24,27)/b15-9+. The Hall–Kier alpha value is -2.26. The summed E-state index contributed by atoms with van der Waals surface area (Å²) < 4.78 is 6.13. The highest BCUT2D eigenvalue weighted by Gasteiger charge is 2.34. The number of ether oxygens (including phenoxy) is 1. The summed E-state index contributed by atoms with van der Waals surface area (Å²) >= 11 is 7.38. The molecule has 2 aromatic rings. The van der Waals surface area contributed by atoms with E-state index in [-0.39, 0.29) is 10.7 Å². The van der Waals surface area contributed by atoms with Crippen LogP contribution >= 0.6 is 34.8 Å². The third kappa shape index (κ3) is 3.89. The van der Waals surface area contributed by atoms with E-state index in [0.29, 0.717) is 5.69 Å². The molecule has 0 radical (unpaired) electrons. The lowest BCUT2D eigenvalue weighted by molar-refractivity contribution is -0.122. The van der Waals surface area contributed by atoms with Crippen LogP contribution in [0.4, 0.5) is 5.69 Å². The first-order valence-electron chi connectivity index (χ1n) is 8.14. The molecule has 1 fully saturated rings. The number of aryl methyl sites for hydroxylation is 2. The van der Waals surface area contributed by atoms with Crippen molar-refractivity contribution in [2.24, 2.45) is 0 Å². The van der Waals surface area contributed by atoms with Crippen molar-refractivity contribution in [2.45, 2.75) is 13.8 Å². The zero-order chi connectivity index (χ0) is 19.7. The van der Waals surface area contributed by atoms with Gasteiger partial charge in [-0.2, -0.15) is 0 Å². The molecule has 1 aliphatic rings. The number of rotatable bonds is 3. The zero-order valence-electron chi connectivity index (χ0n) is 15.0. The quantitative estimate of drug-likeness (QED) is 0.307. The summed E-state index contributed by atoms with van der Waals surface area (Å²) in [6.45, 7) is 3.96. The van der Waals surface area contributed by atoms with E-state index in [1.807, 2.05) is 38.1 Å². The Morgan fingerprint density at radius 1 is 1.11 bits per heavy atom. The van der Waals surface area contributed by atoms with Gasteiger partial charge in [-0.05, 0) is 95.7 Å². The fourth-order valence-corrected chi connectivity index (χ4v) is 3.74. The molecule has 2 amide bonds. The number of benzene rings is 2. The lowest BCUT2D eigenvalue weighted by Gasteiger charge is -2.29. The lowest BCUT2D eigenvalue weighted by atomic mass is 10.1. The number of amides is 2. The van der Waals surface area contributed by atoms with E-state index < -0.39 is 11.8 Å². The number of halogens is 1. The molecule has 1 N–H and O–H groups in total. The first-order valence-corrected chi connectivity index (χ1v) is 9.62. The minimum absolute atomic E-state index is 0.0304. The van der Waals surface area contributed by atoms with E-state index in [4.69, 9.17) is 17.0 Å². The number of carbonyl (C=O) groups is 2. The van der Waals surface area contributed by atoms with Crippen molar-refractivity contribution in [1.82, 2.24) is 5.32 Å². The van der Waals surface area contributed by atoms with Gasteiger partial charge >= 0.3 is 0 Å². The number of nitrogens with one attached hydrogen (secondary N) is 1. The number of hydrogen-bond donors (Lipinski definition) is 1. The molecule has 0 unspecified atom stereocenters. The number of anilines is 1. The maximum absolute atomic E-state index is 13.0. The van der Waals surface area contributed by atoms with Crippen molar-refractivity contribution < 1.29 is 14.3 Å². The van der Waals surface area contributed by atoms with Gasteiger partial charge in [0.15, 0.2) is 5.11 Å². The molecule has 0 aliphatic carbocycles. The van der Waals surface area contributed by atoms with Crippen LogP contribution in [0.2, 0.25) is 0 Å². The predicted molar refractivity (Wildman–Crippen MR) is 118 cm³/mol. The average Bonchev–Trinajstić information content (AvgIpc) is 2.61. The molecular weight excluding hydrogens is 475 g/mol. The molecular formula is C20H17IN2O3S. The molecule has 0 atom stereocenters. The summed E-state index contributed by atoms with van der Waals surface area (Å²) in [5, 5.41) is 2.68. The number of carbonyl (C=O) groups excluding carboxylic acids is 2. The highest BCUT2D eigenvalue weighted by molar-refractivity contribution is 14.1. The van der Waals surface area contributed by atoms with Crippen molar-refractivity contribution in [3.05, 3.63) is 62.2 Å². The second-order valence-electron chi connectivity index (χ2n) is 6.12. The molecule has 27 heavy (non-hydrogen) atoms. The van der Waals surface area contributed by atoms with E-state index in [9.17, 15) is 9.59 Å². The highest BCUT2D eigenvalue weighted by atomic mass is 127. The molecule has 0 bridgehead atoms. The second kappa shape index (κ2) is 7.77. The maximum Gasteiger partial charge on any atom is 0.270 e. The molecule has 1 saturated heterocycles. The van der Waals surface area contributed by atoms with Crippen LogP contribution in [0.15, 0.2) is 42.0 Å². The number of nitrogens with zero attached hydrogens (tertiary/aromatic N) is 1. The Labute approximate surface area is 176 Å². The monoisotopic (exact) mass is 492 g/mol. The van der Waals surface area contributed by atoms with E-state index in [1.165, 1.54) is 4.90 Å². The Morgan fingerprint density at radius 2 is 1.85 bits per heavy atom. The molecule has 5 nitrogen and oxygen atoms in total. The smallest absolute Gasteiger partial charge is 0.270 e. The number of methoxy groups -OCH3 is 1. The van der Waals surface area contributed by atoms with Crippen LogP contribution in [0.1, 0.15) is 16.7 Å². The summed E-state index contributed by atoms with van der Waals surface area (Å²) in [6.07, 6.45) is 1.56. The molecule has 0 aromatic heterocycles. The van der Waals surface area contributed by atoms with Gasteiger partial charge in [-0.25, -0.2) is 0 Å². The Kier molecular flexibility index (Phi) is 5.61. The van der Waals surface area contributed by atoms with Gasteiger partial charge in [-0.1, -0.05) is 12.1 Å². The molecule has 1 heterocycles. The van der Waals surface area contributed by atoms with Crippen LogP contribution in [-0.4, -0.2) is 24.0 Å². The van der Waals surface area contributed by atoms with Gasteiger partial charge in [-0.3, -0.25) is 19.8 Å². The van der Waals surface area contributed by atoms with Crippen LogP contribution in [-0.2, 0) is 9.59 Å². The van der Waals surface area contributed by atoms with E-state index >= 15 is 0 Å². The topological polar surface area (TPSA) is 58.6 Å². The van der Waals surface area contributed by atoms with Crippen molar-refractivity contribution in [3.63, 3.8) is 0 Å². The van der Waals surface area contributed by atoms with Crippen molar-refractivity contribution >= 4 is 63.5 Å². The Balaban J connectivity index is 2.01. The minimum atomic E-state index is -0.504. The summed E-state index contributed by atoms with van der Waals surface area (Å²) in [5.74, 6) is -0.219. The summed E-state index contributed by atoms with van der Waals surface area (Å²) in [6, 6.07) is 11.1. The first kappa shape index (κ1) is 19.5. The second-order valence-corrected chi connectivity index (χ2v) is 7.67. The molecule has 2 aromatic carbocycles. The SMILES string of the molecule is COc1ccc(/C=C2\C(=O)NC(=S)N(c3ccc(C)c(C)c3)C2=O)cc1I. The van der Waals surface area contributed by atoms with Crippen LogP contribution in [0.25, 0.3) is 6.08 Å². The molecule has 7 heteroatoms. The summed E-state index contributed by atoms with van der Waals surface area (Å²) in [4.78, 5) is 26.8. The first-order chi connectivity index (χ1) is 12.8. The maximum atomic E-state index is 13.0. The van der Waals surface area contributed by atoms with Crippen LogP contribution in [0.5, 0.6) is 5.75 Å². The average molecular weight is 492 g/mol. The summed E-state index contributed by atoms with van der Waals surface area (Å²) in [7, 11) is 1.59. The molecule has 1 aliphatic heterocycles. The van der Waals surface area contributed by atoms with Crippen molar-refractivity contribution in [2.75, 3.05) is 12.0 Å². The molecule has 0 saturated carbocycles. The largest absolute Gasteiger partial charge is 0.496 e. The third-order valence-electron chi connectivity index (χ3n) is 4.34. The van der Waals surface area contributed by atoms with Gasteiger partial charge < -0.3 is 4.74 Å². The normalized spacial score (nSPS) is 15.9. The van der Waals surface area contributed by atoms with Gasteiger partial charge in [0.05, 0.1) is 16.4 Å². The number of thiocarbonyl (C=S) groups is 1. The predicted octanol–water partition coefficient (Wildman–Crippen LogP) is 3.75. The fraction of sp³-hybridized carbons (Fsp3) is 0.150. The molecule has 138 valence electrons. The zero-order valence-corrected chi connectivity index (χ0v) is 18.0. The lowest BCUT2D eigenvalue weighted by Crippen LogP contribution is -2.54. The van der Waals surface area contributed by atoms with Crippen LogP contribution in [0, 0.1) is 17.4 Å². The fourth-order valence-electron chi connectivity index (χ4n) is 2.70. The van der Waals surface area contributed by atoms with E-state index in [2.05, 4.69) is 27.9 Å². The van der Waals surface area contributed by atoms with E-state index in [1.54, 1.807) is 25.3 Å².